The van der Waals surface area contributed by atoms with E-state index in [1.54, 1.807) is 24.3 Å². The van der Waals surface area contributed by atoms with Crippen LogP contribution in [-0.4, -0.2) is 76.4 Å². The molecule has 5 rings (SSSR count). The predicted octanol–water partition coefficient (Wildman–Crippen LogP) is 6.70. The van der Waals surface area contributed by atoms with E-state index in [4.69, 9.17) is 19.1 Å². The standard InChI is InChI=1S/C23H28FNO5S.C17H23BrFNO5S/c1-23(31(2,27)28,22(26)25-30-21-10-6-7-15-29-21)14-13-18-11-12-19(16-20(18)24)17-8-4-3-5-9-17;1-17(26(2,22)23,9-8-12-6-7-13(18)11-14(12)19)16(21)20-25-15-5-3-4-10-24-15/h3-5,8-9,11-12,16,21H,6-7,10,13-15H2,1-2H3,(H,25,26);6-7,11,15H,3-5,8-10H2,1-2H3,(H,20,21). The molecule has 3 aromatic carbocycles. The second-order valence-electron chi connectivity index (χ2n) is 14.6. The first kappa shape index (κ1) is 46.4. The zero-order chi connectivity index (χ0) is 41.9. The molecular weight excluding hydrogens is 850 g/mol. The largest absolute Gasteiger partial charge is 0.350 e. The van der Waals surface area contributed by atoms with Gasteiger partial charge >= 0.3 is 0 Å². The van der Waals surface area contributed by atoms with Crippen molar-refractivity contribution < 1.29 is 54.4 Å². The van der Waals surface area contributed by atoms with E-state index < -0.39 is 65.2 Å². The summed E-state index contributed by atoms with van der Waals surface area (Å²) in [5.41, 5.74) is 6.76. The summed E-state index contributed by atoms with van der Waals surface area (Å²) in [6.07, 6.45) is 5.72. The molecule has 0 radical (unpaired) electrons. The molecular formula is C40H51BrF2N2O10S2. The van der Waals surface area contributed by atoms with E-state index in [2.05, 4.69) is 26.9 Å². The summed E-state index contributed by atoms with van der Waals surface area (Å²) < 4.78 is 85.9. The summed E-state index contributed by atoms with van der Waals surface area (Å²) >= 11 is 3.17. The van der Waals surface area contributed by atoms with Crippen molar-refractivity contribution in [3.8, 4) is 11.1 Å². The van der Waals surface area contributed by atoms with Gasteiger partial charge in [0.25, 0.3) is 11.8 Å². The Labute approximate surface area is 342 Å². The number of ether oxygens (including phenoxy) is 2. The van der Waals surface area contributed by atoms with Gasteiger partial charge in [0.2, 0.25) is 0 Å². The summed E-state index contributed by atoms with van der Waals surface area (Å²) in [4.78, 5) is 35.8. The maximum atomic E-state index is 14.7. The Hall–Kier alpha value is -3.32. The third kappa shape index (κ3) is 12.8. The fourth-order valence-electron chi connectivity index (χ4n) is 6.03. The van der Waals surface area contributed by atoms with Crippen LogP contribution >= 0.6 is 15.9 Å². The number of benzene rings is 3. The van der Waals surface area contributed by atoms with Crippen molar-refractivity contribution >= 4 is 47.4 Å². The van der Waals surface area contributed by atoms with Crippen molar-refractivity contribution in [2.75, 3.05) is 25.7 Å². The van der Waals surface area contributed by atoms with E-state index in [0.717, 1.165) is 49.3 Å². The van der Waals surface area contributed by atoms with Gasteiger partial charge in [-0.15, -0.1) is 0 Å². The molecule has 0 aromatic heterocycles. The first-order valence-electron chi connectivity index (χ1n) is 18.7. The van der Waals surface area contributed by atoms with Crippen molar-refractivity contribution in [3.05, 3.63) is 94.0 Å². The maximum absolute atomic E-state index is 14.7. The van der Waals surface area contributed by atoms with Crippen LogP contribution in [0.4, 0.5) is 8.78 Å². The highest BCUT2D eigenvalue weighted by molar-refractivity contribution is 9.10. The van der Waals surface area contributed by atoms with Crippen molar-refractivity contribution in [2.45, 2.75) is 100 Å². The molecule has 4 unspecified atom stereocenters. The number of nitrogens with one attached hydrogen (secondary N) is 2. The lowest BCUT2D eigenvalue weighted by Gasteiger charge is -2.28. The van der Waals surface area contributed by atoms with Gasteiger partial charge in [-0.1, -0.05) is 64.5 Å². The van der Waals surface area contributed by atoms with Crippen LogP contribution in [0.15, 0.2) is 71.2 Å². The number of amides is 2. The normalized spacial score (nSPS) is 19.6. The highest BCUT2D eigenvalue weighted by atomic mass is 79.9. The molecule has 2 amide bonds. The van der Waals surface area contributed by atoms with Crippen molar-refractivity contribution in [1.82, 2.24) is 11.0 Å². The maximum Gasteiger partial charge on any atom is 0.264 e. The first-order valence-corrected chi connectivity index (χ1v) is 23.2. The zero-order valence-electron chi connectivity index (χ0n) is 32.5. The van der Waals surface area contributed by atoms with Gasteiger partial charge in [-0.05, 0) is 106 Å². The van der Waals surface area contributed by atoms with Crippen LogP contribution in [-0.2, 0) is 61.3 Å². The molecule has 314 valence electrons. The Morgan fingerprint density at radius 2 is 1.16 bits per heavy atom. The average Bonchev–Trinajstić information content (AvgIpc) is 3.18. The molecule has 2 fully saturated rings. The number of rotatable bonds is 15. The average molecular weight is 902 g/mol. The lowest BCUT2D eigenvalue weighted by atomic mass is 9.97. The molecule has 3 aromatic rings. The molecule has 2 aliphatic heterocycles. The third-order valence-electron chi connectivity index (χ3n) is 10.4. The van der Waals surface area contributed by atoms with Gasteiger partial charge in [0.05, 0.1) is 0 Å². The Balaban J connectivity index is 0.000000257. The van der Waals surface area contributed by atoms with Gasteiger partial charge in [-0.2, -0.15) is 0 Å². The van der Waals surface area contributed by atoms with Crippen LogP contribution in [0.2, 0.25) is 0 Å². The molecule has 2 saturated heterocycles. The minimum absolute atomic E-state index is 0.0783. The van der Waals surface area contributed by atoms with Crippen molar-refractivity contribution in [1.29, 1.82) is 0 Å². The molecule has 0 spiro atoms. The van der Waals surface area contributed by atoms with E-state index in [0.29, 0.717) is 41.7 Å². The predicted molar refractivity (Wildman–Crippen MR) is 215 cm³/mol. The topological polar surface area (TPSA) is 163 Å². The minimum atomic E-state index is -3.81. The number of hydrogen-bond donors (Lipinski definition) is 2. The number of sulfone groups is 2. The quantitative estimate of drug-likeness (QED) is 0.157. The Morgan fingerprint density at radius 3 is 1.56 bits per heavy atom. The SMILES string of the molecule is CC(CCc1ccc(-c2ccccc2)cc1F)(C(=O)NOC1CCCCO1)S(C)(=O)=O.CC(CCc1ccc(Br)cc1F)(C(=O)NOC1CCCCO1)S(C)(=O)=O. The number of carbonyl (C=O) groups excluding carboxylic acids is 2. The number of aryl methyl sites for hydroxylation is 2. The van der Waals surface area contributed by atoms with Gasteiger partial charge < -0.3 is 9.47 Å². The third-order valence-corrected chi connectivity index (χ3v) is 14.9. The number of hydrogen-bond acceptors (Lipinski definition) is 10. The monoisotopic (exact) mass is 900 g/mol. The van der Waals surface area contributed by atoms with Gasteiger partial charge in [0.15, 0.2) is 32.3 Å². The van der Waals surface area contributed by atoms with Gasteiger partial charge in [-0.3, -0.25) is 9.59 Å². The molecule has 17 heteroatoms. The molecule has 4 atom stereocenters. The second kappa shape index (κ2) is 20.6. The molecule has 12 nitrogen and oxygen atoms in total. The number of carbonyl (C=O) groups is 2. The zero-order valence-corrected chi connectivity index (χ0v) is 35.7. The van der Waals surface area contributed by atoms with E-state index >= 15 is 0 Å². The Kier molecular flexibility index (Phi) is 16.7. The highest BCUT2D eigenvalue weighted by Crippen LogP contribution is 2.29. The van der Waals surface area contributed by atoms with Crippen molar-refractivity contribution in [2.24, 2.45) is 0 Å². The van der Waals surface area contributed by atoms with Crippen LogP contribution in [0.5, 0.6) is 0 Å². The summed E-state index contributed by atoms with van der Waals surface area (Å²) in [5, 5.41) is 0. The summed E-state index contributed by atoms with van der Waals surface area (Å²) in [5.74, 6) is -2.47. The van der Waals surface area contributed by atoms with Crippen LogP contribution < -0.4 is 11.0 Å². The Morgan fingerprint density at radius 1 is 0.702 bits per heavy atom. The van der Waals surface area contributed by atoms with E-state index in [1.165, 1.54) is 26.0 Å². The molecule has 2 aliphatic rings. The van der Waals surface area contributed by atoms with Crippen LogP contribution in [0.1, 0.15) is 76.3 Å². The van der Waals surface area contributed by atoms with E-state index in [9.17, 15) is 35.2 Å². The smallest absolute Gasteiger partial charge is 0.264 e. The van der Waals surface area contributed by atoms with Gasteiger partial charge in [0, 0.05) is 43.0 Å². The lowest BCUT2D eigenvalue weighted by molar-refractivity contribution is -0.201. The highest BCUT2D eigenvalue weighted by Gasteiger charge is 2.45. The lowest BCUT2D eigenvalue weighted by Crippen LogP contribution is -2.51. The molecule has 2 N–H and O–H groups in total. The van der Waals surface area contributed by atoms with Crippen LogP contribution in [0.3, 0.4) is 0 Å². The van der Waals surface area contributed by atoms with Gasteiger partial charge in [-0.25, -0.2) is 46.3 Å². The fourth-order valence-corrected chi connectivity index (χ4v) is 8.06. The van der Waals surface area contributed by atoms with E-state index in [-0.39, 0.29) is 25.7 Å². The van der Waals surface area contributed by atoms with Crippen LogP contribution in [0, 0.1) is 11.6 Å². The second-order valence-corrected chi connectivity index (χ2v) is 20.4. The Bertz CT molecular complexity index is 2050. The minimum Gasteiger partial charge on any atom is -0.350 e. The molecule has 0 aliphatic carbocycles. The fraction of sp³-hybridized carbons (Fsp3) is 0.500. The summed E-state index contributed by atoms with van der Waals surface area (Å²) in [6, 6.07) is 18.8. The molecule has 57 heavy (non-hydrogen) atoms. The molecule has 0 bridgehead atoms. The van der Waals surface area contributed by atoms with Gasteiger partial charge in [0.1, 0.15) is 21.1 Å². The van der Waals surface area contributed by atoms with Crippen LogP contribution in [0.25, 0.3) is 11.1 Å². The first-order chi connectivity index (χ1) is 26.8. The van der Waals surface area contributed by atoms with Crippen molar-refractivity contribution in [3.63, 3.8) is 0 Å². The van der Waals surface area contributed by atoms with E-state index in [1.807, 2.05) is 30.3 Å². The molecule has 0 saturated carbocycles. The summed E-state index contributed by atoms with van der Waals surface area (Å²) in [7, 11) is -7.58. The number of halogens is 3. The molecule has 2 heterocycles. The number of hydroxylamine groups is 2. The summed E-state index contributed by atoms with van der Waals surface area (Å²) in [6.45, 7) is 3.72.